The fourth-order valence-corrected chi connectivity index (χ4v) is 7.06. The molecule has 3 aliphatic rings. The van der Waals surface area contributed by atoms with E-state index in [9.17, 15) is 18.0 Å². The molecule has 0 unspecified atom stereocenters. The summed E-state index contributed by atoms with van der Waals surface area (Å²) in [7, 11) is -4.08. The maximum Gasteiger partial charge on any atom is 0.267 e. The molecule has 2 aliphatic carbocycles. The van der Waals surface area contributed by atoms with Gasteiger partial charge in [0.2, 0.25) is 5.91 Å². The molecule has 1 spiro atoms. The number of carbonyl (C=O) groups excluding carboxylic acids is 2. The molecule has 1 amide bonds. The predicted octanol–water partition coefficient (Wildman–Crippen LogP) is 3.35. The quantitative estimate of drug-likeness (QED) is 0.765. The van der Waals surface area contributed by atoms with Crippen molar-refractivity contribution in [3.05, 3.63) is 77.4 Å². The summed E-state index contributed by atoms with van der Waals surface area (Å²) in [5.74, 6) is -0.524. The van der Waals surface area contributed by atoms with Crippen LogP contribution in [0.1, 0.15) is 36.1 Å². The molecule has 1 aliphatic heterocycles. The molecule has 0 N–H and O–H groups in total. The highest BCUT2D eigenvalue weighted by molar-refractivity contribution is 7.89. The fraction of sp³-hybridized carbons (Fsp3) is 0.304. The van der Waals surface area contributed by atoms with E-state index in [1.54, 1.807) is 25.1 Å². The summed E-state index contributed by atoms with van der Waals surface area (Å²) in [6, 6.07) is 13.5. The first-order valence-electron chi connectivity index (χ1n) is 9.66. The van der Waals surface area contributed by atoms with E-state index in [2.05, 4.69) is 0 Å². The van der Waals surface area contributed by atoms with Gasteiger partial charge in [0.25, 0.3) is 10.0 Å². The molecule has 0 bridgehead atoms. The number of carbonyl (C=O) groups is 2. The Labute approximate surface area is 170 Å². The van der Waals surface area contributed by atoms with E-state index in [0.717, 1.165) is 21.0 Å². The maximum absolute atomic E-state index is 13.7. The number of allylic oxidation sites excluding steroid dienone is 1. The third-order valence-electron chi connectivity index (χ3n) is 6.96. The number of aryl methyl sites for hydroxylation is 1. The first-order valence-corrected chi connectivity index (χ1v) is 11.1. The molecule has 1 heterocycles. The molecule has 6 heteroatoms. The van der Waals surface area contributed by atoms with Gasteiger partial charge in [-0.15, -0.1) is 0 Å². The van der Waals surface area contributed by atoms with Crippen molar-refractivity contribution < 1.29 is 18.0 Å². The van der Waals surface area contributed by atoms with Gasteiger partial charge < -0.3 is 0 Å². The summed E-state index contributed by atoms with van der Waals surface area (Å²) in [6.07, 6.45) is 3.73. The molecule has 0 saturated carbocycles. The Morgan fingerprint density at radius 2 is 1.69 bits per heavy atom. The summed E-state index contributed by atoms with van der Waals surface area (Å²) in [5.41, 5.74) is 0.917. The number of benzene rings is 2. The monoisotopic (exact) mass is 407 g/mol. The molecule has 3 atom stereocenters. The van der Waals surface area contributed by atoms with Crippen LogP contribution in [0.3, 0.4) is 0 Å². The van der Waals surface area contributed by atoms with Crippen LogP contribution >= 0.6 is 0 Å². The number of rotatable bonds is 2. The zero-order chi connectivity index (χ0) is 20.6. The van der Waals surface area contributed by atoms with Gasteiger partial charge >= 0.3 is 0 Å². The number of amides is 1. The lowest BCUT2D eigenvalue weighted by molar-refractivity contribution is -0.132. The van der Waals surface area contributed by atoms with Gasteiger partial charge in [0.05, 0.1) is 16.4 Å². The molecule has 29 heavy (non-hydrogen) atoms. The molecule has 0 aromatic heterocycles. The smallest absolute Gasteiger partial charge is 0.267 e. The van der Waals surface area contributed by atoms with Crippen LogP contribution in [0.4, 0.5) is 0 Å². The van der Waals surface area contributed by atoms with E-state index in [-0.39, 0.29) is 17.1 Å². The van der Waals surface area contributed by atoms with Crippen LogP contribution in [0.25, 0.3) is 0 Å². The van der Waals surface area contributed by atoms with Gasteiger partial charge in [0, 0.05) is 11.8 Å². The molecule has 2 aromatic carbocycles. The highest BCUT2D eigenvalue weighted by Crippen LogP contribution is 2.68. The summed E-state index contributed by atoms with van der Waals surface area (Å²) in [5, 5.41) is 0. The van der Waals surface area contributed by atoms with Crippen molar-refractivity contribution in [1.82, 2.24) is 4.31 Å². The average Bonchev–Trinajstić information content (AvgIpc) is 3.09. The van der Waals surface area contributed by atoms with E-state index in [1.807, 2.05) is 31.2 Å². The minimum Gasteiger partial charge on any atom is -0.295 e. The number of hydrogen-bond acceptors (Lipinski definition) is 4. The topological polar surface area (TPSA) is 71.5 Å². The standard InChI is InChI=1S/C23H21NO4S/c1-15-7-9-18(10-8-15)29(27,28)24-20-19-6-4-3-5-16(19)13-23(20)14-17(25)11-12-22(23,2)21(24)26/h3-12,20H,13-14H2,1-2H3/t20-,22+,23-/m0/s1. The van der Waals surface area contributed by atoms with Gasteiger partial charge in [-0.2, -0.15) is 0 Å². The van der Waals surface area contributed by atoms with Crippen molar-refractivity contribution in [2.45, 2.75) is 37.6 Å². The molecule has 148 valence electrons. The van der Waals surface area contributed by atoms with Crippen molar-refractivity contribution in [3.8, 4) is 0 Å². The first kappa shape index (κ1) is 18.3. The Hall–Kier alpha value is -2.73. The second kappa shape index (κ2) is 5.66. The highest BCUT2D eigenvalue weighted by atomic mass is 32.2. The largest absolute Gasteiger partial charge is 0.295 e. The van der Waals surface area contributed by atoms with Gasteiger partial charge in [0.15, 0.2) is 5.78 Å². The van der Waals surface area contributed by atoms with Crippen molar-refractivity contribution in [2.75, 3.05) is 0 Å². The number of ketones is 1. The Kier molecular flexibility index (Phi) is 3.57. The van der Waals surface area contributed by atoms with E-state index in [4.69, 9.17) is 0 Å². The molecule has 5 rings (SSSR count). The zero-order valence-electron chi connectivity index (χ0n) is 16.3. The van der Waals surface area contributed by atoms with Gasteiger partial charge in [-0.1, -0.05) is 48.0 Å². The van der Waals surface area contributed by atoms with Crippen LogP contribution in [0.15, 0.2) is 65.6 Å². The highest BCUT2D eigenvalue weighted by Gasteiger charge is 2.71. The number of hydrogen-bond donors (Lipinski definition) is 0. The van der Waals surface area contributed by atoms with Gasteiger partial charge in [-0.25, -0.2) is 12.7 Å². The van der Waals surface area contributed by atoms with Crippen molar-refractivity contribution in [1.29, 1.82) is 0 Å². The average molecular weight is 407 g/mol. The van der Waals surface area contributed by atoms with E-state index in [1.165, 1.54) is 18.2 Å². The first-order chi connectivity index (χ1) is 13.7. The number of fused-ring (bicyclic) bond motifs is 2. The van der Waals surface area contributed by atoms with E-state index < -0.39 is 32.8 Å². The SMILES string of the molecule is Cc1ccc(S(=O)(=O)N2C(=O)[C@@]3(C)C=CC(=O)C[C@]34Cc3ccccc3[C@H]24)cc1. The van der Waals surface area contributed by atoms with Crippen molar-refractivity contribution in [2.24, 2.45) is 10.8 Å². The second-order valence-electron chi connectivity index (χ2n) is 8.53. The maximum atomic E-state index is 13.7. The van der Waals surface area contributed by atoms with Crippen LogP contribution in [-0.2, 0) is 26.0 Å². The lowest BCUT2D eigenvalue weighted by atomic mass is 9.58. The predicted molar refractivity (Wildman–Crippen MR) is 107 cm³/mol. The van der Waals surface area contributed by atoms with Crippen LogP contribution in [0, 0.1) is 17.8 Å². The summed E-state index contributed by atoms with van der Waals surface area (Å²) in [4.78, 5) is 26.2. The number of sulfonamides is 1. The molecule has 1 saturated heterocycles. The Bertz CT molecular complexity index is 1200. The normalized spacial score (nSPS) is 30.3. The van der Waals surface area contributed by atoms with Gasteiger partial charge in [-0.3, -0.25) is 9.59 Å². The molecule has 0 radical (unpaired) electrons. The van der Waals surface area contributed by atoms with Gasteiger partial charge in [-0.05, 0) is 49.6 Å². The Morgan fingerprint density at radius 1 is 1.00 bits per heavy atom. The summed E-state index contributed by atoms with van der Waals surface area (Å²) in [6.45, 7) is 3.66. The molecule has 5 nitrogen and oxygen atoms in total. The lowest BCUT2D eigenvalue weighted by Crippen LogP contribution is -2.44. The minimum atomic E-state index is -4.08. The molecular formula is C23H21NO4S. The summed E-state index contributed by atoms with van der Waals surface area (Å²) >= 11 is 0. The Morgan fingerprint density at radius 3 is 2.41 bits per heavy atom. The molecule has 1 fully saturated rings. The third-order valence-corrected chi connectivity index (χ3v) is 8.72. The Balaban J connectivity index is 1.77. The molecular weight excluding hydrogens is 386 g/mol. The van der Waals surface area contributed by atoms with Crippen LogP contribution in [0.2, 0.25) is 0 Å². The van der Waals surface area contributed by atoms with Crippen LogP contribution in [-0.4, -0.2) is 24.4 Å². The summed E-state index contributed by atoms with van der Waals surface area (Å²) < 4.78 is 28.4. The van der Waals surface area contributed by atoms with Crippen molar-refractivity contribution >= 4 is 21.7 Å². The lowest BCUT2D eigenvalue weighted by Gasteiger charge is -2.41. The second-order valence-corrected chi connectivity index (χ2v) is 10.3. The molecule has 2 aromatic rings. The zero-order valence-corrected chi connectivity index (χ0v) is 17.1. The third kappa shape index (κ3) is 2.18. The van der Waals surface area contributed by atoms with E-state index >= 15 is 0 Å². The van der Waals surface area contributed by atoms with Crippen molar-refractivity contribution in [3.63, 3.8) is 0 Å². The number of nitrogens with zero attached hydrogens (tertiary/aromatic N) is 1. The minimum absolute atomic E-state index is 0.0670. The fourth-order valence-electron chi connectivity index (χ4n) is 5.35. The van der Waals surface area contributed by atoms with Crippen LogP contribution in [0.5, 0.6) is 0 Å². The van der Waals surface area contributed by atoms with E-state index in [0.29, 0.717) is 6.42 Å². The van der Waals surface area contributed by atoms with Crippen LogP contribution < -0.4 is 0 Å². The van der Waals surface area contributed by atoms with Gasteiger partial charge in [0.1, 0.15) is 0 Å².